The molecule has 19 heavy (non-hydrogen) atoms. The second-order valence-corrected chi connectivity index (χ2v) is 3.59. The van der Waals surface area contributed by atoms with E-state index in [1.807, 2.05) is 0 Å². The second-order valence-electron chi connectivity index (χ2n) is 3.59. The zero-order valence-electron chi connectivity index (χ0n) is 9.79. The molecule has 0 aromatic carbocycles. The lowest BCUT2D eigenvalue weighted by Crippen LogP contribution is -2.14. The van der Waals surface area contributed by atoms with Crippen LogP contribution in [-0.4, -0.2) is 17.6 Å². The maximum absolute atomic E-state index is 12.7. The first kappa shape index (κ1) is 15.4. The van der Waals surface area contributed by atoms with Gasteiger partial charge in [-0.25, -0.2) is 4.79 Å². The van der Waals surface area contributed by atoms with Crippen LogP contribution in [0, 0.1) is 6.92 Å². The Morgan fingerprint density at radius 3 is 2.05 bits per heavy atom. The highest BCUT2D eigenvalue weighted by Gasteiger charge is 2.45. The number of carbonyl (C=O) groups excluding carboxylic acids is 1. The SMILES string of the molecule is CCOC(=O)c1[nH]c(C(F)(F)F)c(C)c1C(F)(F)F. The molecule has 1 N–H and O–H groups in total. The van der Waals surface area contributed by atoms with Gasteiger partial charge >= 0.3 is 18.3 Å². The van der Waals surface area contributed by atoms with Gasteiger partial charge in [-0.1, -0.05) is 0 Å². The van der Waals surface area contributed by atoms with Gasteiger partial charge in [-0.05, 0) is 19.4 Å². The second kappa shape index (κ2) is 4.78. The van der Waals surface area contributed by atoms with Crippen molar-refractivity contribution in [3.05, 3.63) is 22.5 Å². The van der Waals surface area contributed by atoms with Crippen LogP contribution < -0.4 is 0 Å². The molecule has 1 rings (SSSR count). The van der Waals surface area contributed by atoms with Gasteiger partial charge in [0.05, 0.1) is 12.2 Å². The summed E-state index contributed by atoms with van der Waals surface area (Å²) in [5, 5.41) is 0. The predicted octanol–water partition coefficient (Wildman–Crippen LogP) is 3.54. The molecule has 1 aromatic rings. The number of hydrogen-bond acceptors (Lipinski definition) is 2. The zero-order valence-corrected chi connectivity index (χ0v) is 9.79. The highest BCUT2D eigenvalue weighted by Crippen LogP contribution is 2.41. The van der Waals surface area contributed by atoms with Crippen LogP contribution in [0.2, 0.25) is 0 Å². The molecule has 9 heteroatoms. The number of aromatic amines is 1. The van der Waals surface area contributed by atoms with Gasteiger partial charge in [0.1, 0.15) is 11.4 Å². The molecule has 0 amide bonds. The first-order valence-corrected chi connectivity index (χ1v) is 5.04. The molecule has 1 aromatic heterocycles. The Hall–Kier alpha value is -1.67. The molecule has 0 atom stereocenters. The Kier molecular flexibility index (Phi) is 3.87. The molecular weight excluding hydrogens is 280 g/mol. The first-order valence-electron chi connectivity index (χ1n) is 5.04. The van der Waals surface area contributed by atoms with Crippen LogP contribution in [0.3, 0.4) is 0 Å². The van der Waals surface area contributed by atoms with E-state index >= 15 is 0 Å². The lowest BCUT2D eigenvalue weighted by Gasteiger charge is -2.09. The number of carbonyl (C=O) groups is 1. The van der Waals surface area contributed by atoms with Crippen LogP contribution in [0.5, 0.6) is 0 Å². The summed E-state index contributed by atoms with van der Waals surface area (Å²) >= 11 is 0. The maximum atomic E-state index is 12.7. The third-order valence-corrected chi connectivity index (χ3v) is 2.30. The highest BCUT2D eigenvalue weighted by atomic mass is 19.4. The topological polar surface area (TPSA) is 42.1 Å². The Morgan fingerprint density at radius 2 is 1.68 bits per heavy atom. The van der Waals surface area contributed by atoms with E-state index in [4.69, 9.17) is 0 Å². The van der Waals surface area contributed by atoms with E-state index in [0.29, 0.717) is 6.92 Å². The first-order chi connectivity index (χ1) is 8.50. The summed E-state index contributed by atoms with van der Waals surface area (Å²) in [5.74, 6) is -1.48. The van der Waals surface area contributed by atoms with Crippen molar-refractivity contribution in [2.75, 3.05) is 6.61 Å². The summed E-state index contributed by atoms with van der Waals surface area (Å²) in [6.45, 7) is 1.71. The van der Waals surface area contributed by atoms with E-state index in [1.54, 1.807) is 0 Å². The number of aromatic nitrogens is 1. The minimum atomic E-state index is -5.09. The Bertz CT molecular complexity index is 485. The van der Waals surface area contributed by atoms with E-state index in [2.05, 4.69) is 4.74 Å². The molecule has 3 nitrogen and oxygen atoms in total. The summed E-state index contributed by atoms with van der Waals surface area (Å²) < 4.78 is 80.0. The molecule has 0 bridgehead atoms. The fourth-order valence-electron chi connectivity index (χ4n) is 1.59. The number of H-pyrrole nitrogens is 1. The summed E-state index contributed by atoms with van der Waals surface area (Å²) in [5.41, 5.74) is -5.58. The maximum Gasteiger partial charge on any atom is 0.431 e. The smallest absolute Gasteiger partial charge is 0.431 e. The van der Waals surface area contributed by atoms with Crippen molar-refractivity contribution in [2.45, 2.75) is 26.2 Å². The molecule has 1 heterocycles. The average Bonchev–Trinajstić information content (AvgIpc) is 2.55. The van der Waals surface area contributed by atoms with E-state index in [-0.39, 0.29) is 6.61 Å². The van der Waals surface area contributed by atoms with E-state index in [0.717, 1.165) is 0 Å². The fourth-order valence-corrected chi connectivity index (χ4v) is 1.59. The van der Waals surface area contributed by atoms with Crippen molar-refractivity contribution in [1.82, 2.24) is 4.98 Å². The van der Waals surface area contributed by atoms with Crippen LogP contribution in [0.4, 0.5) is 26.3 Å². The molecule has 0 aliphatic rings. The van der Waals surface area contributed by atoms with Gasteiger partial charge in [0, 0.05) is 0 Å². The van der Waals surface area contributed by atoms with E-state index < -0.39 is 40.8 Å². The number of esters is 1. The van der Waals surface area contributed by atoms with Gasteiger partial charge < -0.3 is 9.72 Å². The molecule has 0 saturated heterocycles. The third-order valence-electron chi connectivity index (χ3n) is 2.30. The van der Waals surface area contributed by atoms with E-state index in [9.17, 15) is 31.1 Å². The normalized spacial score (nSPS) is 12.6. The Balaban J connectivity index is 3.50. The van der Waals surface area contributed by atoms with Crippen molar-refractivity contribution >= 4 is 5.97 Å². The lowest BCUT2D eigenvalue weighted by atomic mass is 10.1. The van der Waals surface area contributed by atoms with Crippen LogP contribution in [-0.2, 0) is 17.1 Å². The van der Waals surface area contributed by atoms with Gasteiger partial charge in [-0.3, -0.25) is 0 Å². The molecule has 0 aliphatic carbocycles. The van der Waals surface area contributed by atoms with E-state index in [1.165, 1.54) is 11.9 Å². The molecule has 0 aliphatic heterocycles. The monoisotopic (exact) mass is 289 g/mol. The fraction of sp³-hybridized carbons (Fsp3) is 0.500. The van der Waals surface area contributed by atoms with Gasteiger partial charge in [0.2, 0.25) is 0 Å². The van der Waals surface area contributed by atoms with Crippen molar-refractivity contribution in [1.29, 1.82) is 0 Å². The molecule has 108 valence electrons. The zero-order chi connectivity index (χ0) is 15.0. The number of nitrogens with one attached hydrogen (secondary N) is 1. The van der Waals surface area contributed by atoms with Crippen molar-refractivity contribution < 1.29 is 35.9 Å². The predicted molar refractivity (Wildman–Crippen MR) is 51.5 cm³/mol. The number of ether oxygens (including phenoxy) is 1. The molecule has 0 radical (unpaired) electrons. The van der Waals surface area contributed by atoms with Crippen molar-refractivity contribution in [3.63, 3.8) is 0 Å². The number of alkyl halides is 6. The number of halogens is 6. The summed E-state index contributed by atoms with van der Waals surface area (Å²) in [7, 11) is 0. The summed E-state index contributed by atoms with van der Waals surface area (Å²) in [6.07, 6.45) is -10.1. The van der Waals surface area contributed by atoms with Gasteiger partial charge in [0.15, 0.2) is 0 Å². The van der Waals surface area contributed by atoms with Gasteiger partial charge in [0.25, 0.3) is 0 Å². The number of rotatable bonds is 2. The highest BCUT2D eigenvalue weighted by molar-refractivity contribution is 5.90. The van der Waals surface area contributed by atoms with Crippen molar-refractivity contribution in [2.24, 2.45) is 0 Å². The van der Waals surface area contributed by atoms with Gasteiger partial charge in [-0.2, -0.15) is 26.3 Å². The molecular formula is C10H9F6NO2. The Labute approximate surface area is 103 Å². The standard InChI is InChI=1S/C10H9F6NO2/c1-3-19-8(18)6-5(9(11,12)13)4(2)7(17-6)10(14,15)16/h17H,3H2,1-2H3. The summed E-state index contributed by atoms with van der Waals surface area (Å²) in [4.78, 5) is 12.7. The minimum Gasteiger partial charge on any atom is -0.461 e. The molecule has 0 unspecified atom stereocenters. The minimum absolute atomic E-state index is 0.254. The number of hydrogen-bond donors (Lipinski definition) is 1. The third kappa shape index (κ3) is 3.02. The lowest BCUT2D eigenvalue weighted by molar-refractivity contribution is -0.143. The average molecular weight is 289 g/mol. The molecule has 0 fully saturated rings. The van der Waals surface area contributed by atoms with Crippen LogP contribution in [0.1, 0.15) is 34.2 Å². The van der Waals surface area contributed by atoms with Crippen molar-refractivity contribution in [3.8, 4) is 0 Å². The summed E-state index contributed by atoms with van der Waals surface area (Å²) in [6, 6.07) is 0. The van der Waals surface area contributed by atoms with Crippen LogP contribution >= 0.6 is 0 Å². The van der Waals surface area contributed by atoms with Crippen LogP contribution in [0.25, 0.3) is 0 Å². The van der Waals surface area contributed by atoms with Gasteiger partial charge in [-0.15, -0.1) is 0 Å². The Morgan fingerprint density at radius 1 is 1.16 bits per heavy atom. The molecule has 0 saturated carbocycles. The largest absolute Gasteiger partial charge is 0.461 e. The molecule has 0 spiro atoms. The van der Waals surface area contributed by atoms with Crippen LogP contribution in [0.15, 0.2) is 0 Å². The quantitative estimate of drug-likeness (QED) is 0.668.